The molecule has 0 spiro atoms. The van der Waals surface area contributed by atoms with Gasteiger partial charge in [0.15, 0.2) is 0 Å². The highest BCUT2D eigenvalue weighted by molar-refractivity contribution is 4.93. The summed E-state index contributed by atoms with van der Waals surface area (Å²) >= 11 is 0. The average molecular weight is 194 g/mol. The zero-order valence-electron chi connectivity index (χ0n) is 8.94. The second-order valence-corrected chi connectivity index (χ2v) is 3.26. The standard InChI is InChI=1S/C11H18N2O/c1-3-12(4-2)9-10-13-8-6-5-7-11(13)14/h5-8H,3-4,9-10H2,1-2H3. The Kier molecular flexibility index (Phi) is 4.40. The summed E-state index contributed by atoms with van der Waals surface area (Å²) in [6.45, 7) is 8.07. The molecule has 0 aliphatic heterocycles. The Morgan fingerprint density at radius 1 is 1.29 bits per heavy atom. The van der Waals surface area contributed by atoms with E-state index in [1.165, 1.54) is 0 Å². The third-order valence-corrected chi connectivity index (χ3v) is 2.45. The van der Waals surface area contributed by atoms with Crippen LogP contribution in [0.4, 0.5) is 0 Å². The van der Waals surface area contributed by atoms with Crippen LogP contribution in [0.5, 0.6) is 0 Å². The van der Waals surface area contributed by atoms with Gasteiger partial charge in [-0.25, -0.2) is 0 Å². The summed E-state index contributed by atoms with van der Waals surface area (Å²) in [4.78, 5) is 13.7. The number of likely N-dealkylation sites (N-methyl/N-ethyl adjacent to an activating group) is 1. The Balaban J connectivity index is 2.53. The molecule has 3 heteroatoms. The van der Waals surface area contributed by atoms with Gasteiger partial charge >= 0.3 is 0 Å². The predicted molar refractivity (Wildman–Crippen MR) is 58.5 cm³/mol. The van der Waals surface area contributed by atoms with E-state index in [1.54, 1.807) is 16.7 Å². The van der Waals surface area contributed by atoms with Gasteiger partial charge in [-0.1, -0.05) is 19.9 Å². The Morgan fingerprint density at radius 3 is 2.57 bits per heavy atom. The van der Waals surface area contributed by atoms with E-state index >= 15 is 0 Å². The van der Waals surface area contributed by atoms with Crippen molar-refractivity contribution in [1.82, 2.24) is 9.47 Å². The number of rotatable bonds is 5. The Bertz CT molecular complexity index is 315. The van der Waals surface area contributed by atoms with Crippen LogP contribution in [0, 0.1) is 0 Å². The van der Waals surface area contributed by atoms with Crippen molar-refractivity contribution >= 4 is 0 Å². The third-order valence-electron chi connectivity index (χ3n) is 2.45. The van der Waals surface area contributed by atoms with Crippen molar-refractivity contribution in [2.45, 2.75) is 20.4 Å². The second-order valence-electron chi connectivity index (χ2n) is 3.26. The van der Waals surface area contributed by atoms with Crippen molar-refractivity contribution in [3.8, 4) is 0 Å². The molecule has 1 rings (SSSR count). The van der Waals surface area contributed by atoms with E-state index in [4.69, 9.17) is 0 Å². The summed E-state index contributed by atoms with van der Waals surface area (Å²) in [6, 6.07) is 5.27. The fourth-order valence-corrected chi connectivity index (χ4v) is 1.43. The SMILES string of the molecule is CCN(CC)CCn1ccccc1=O. The number of hydrogen-bond donors (Lipinski definition) is 0. The summed E-state index contributed by atoms with van der Waals surface area (Å²) in [6.07, 6.45) is 1.84. The highest BCUT2D eigenvalue weighted by Crippen LogP contribution is 1.89. The molecular formula is C11H18N2O. The fraction of sp³-hybridized carbons (Fsp3) is 0.545. The highest BCUT2D eigenvalue weighted by atomic mass is 16.1. The van der Waals surface area contributed by atoms with E-state index in [2.05, 4.69) is 18.7 Å². The topological polar surface area (TPSA) is 25.2 Å². The number of nitrogens with zero attached hydrogens (tertiary/aromatic N) is 2. The Morgan fingerprint density at radius 2 is 2.00 bits per heavy atom. The lowest BCUT2D eigenvalue weighted by Crippen LogP contribution is -2.30. The van der Waals surface area contributed by atoms with E-state index in [0.29, 0.717) is 0 Å². The molecule has 0 fully saturated rings. The van der Waals surface area contributed by atoms with E-state index in [-0.39, 0.29) is 5.56 Å². The third kappa shape index (κ3) is 3.00. The highest BCUT2D eigenvalue weighted by Gasteiger charge is 1.99. The van der Waals surface area contributed by atoms with E-state index in [0.717, 1.165) is 26.2 Å². The molecule has 0 saturated heterocycles. The van der Waals surface area contributed by atoms with Crippen molar-refractivity contribution in [3.63, 3.8) is 0 Å². The van der Waals surface area contributed by atoms with Gasteiger partial charge in [0.1, 0.15) is 0 Å². The molecule has 0 saturated carbocycles. The molecule has 0 bridgehead atoms. The first-order chi connectivity index (χ1) is 6.77. The molecule has 1 heterocycles. The van der Waals surface area contributed by atoms with Gasteiger partial charge in [0.05, 0.1) is 0 Å². The lowest BCUT2D eigenvalue weighted by Gasteiger charge is -2.18. The second kappa shape index (κ2) is 5.60. The molecule has 0 N–H and O–H groups in total. The van der Waals surface area contributed by atoms with Crippen LogP contribution in [0.25, 0.3) is 0 Å². The average Bonchev–Trinajstić information content (AvgIpc) is 2.22. The first kappa shape index (κ1) is 11.0. The summed E-state index contributed by atoms with van der Waals surface area (Å²) in [5, 5.41) is 0. The maximum Gasteiger partial charge on any atom is 0.250 e. The van der Waals surface area contributed by atoms with Gasteiger partial charge in [0, 0.05) is 25.4 Å². The summed E-state index contributed by atoms with van der Waals surface area (Å²) in [7, 11) is 0. The molecule has 0 aliphatic rings. The molecule has 0 aromatic carbocycles. The smallest absolute Gasteiger partial charge is 0.250 e. The van der Waals surface area contributed by atoms with Crippen LogP contribution in [0.2, 0.25) is 0 Å². The van der Waals surface area contributed by atoms with Gasteiger partial charge in [-0.05, 0) is 19.2 Å². The molecule has 3 nitrogen and oxygen atoms in total. The summed E-state index contributed by atoms with van der Waals surface area (Å²) < 4.78 is 1.75. The molecule has 0 atom stereocenters. The molecule has 0 aliphatic carbocycles. The largest absolute Gasteiger partial charge is 0.314 e. The molecule has 0 amide bonds. The first-order valence-electron chi connectivity index (χ1n) is 5.15. The van der Waals surface area contributed by atoms with Crippen molar-refractivity contribution in [1.29, 1.82) is 0 Å². The van der Waals surface area contributed by atoms with Crippen molar-refractivity contribution in [2.24, 2.45) is 0 Å². The number of hydrogen-bond acceptors (Lipinski definition) is 2. The molecule has 1 aromatic heterocycles. The molecular weight excluding hydrogens is 176 g/mol. The molecule has 78 valence electrons. The Hall–Kier alpha value is -1.09. The van der Waals surface area contributed by atoms with Crippen molar-refractivity contribution in [2.75, 3.05) is 19.6 Å². The maximum atomic E-state index is 11.4. The quantitative estimate of drug-likeness (QED) is 0.703. The molecule has 0 radical (unpaired) electrons. The van der Waals surface area contributed by atoms with Gasteiger partial charge in [-0.15, -0.1) is 0 Å². The van der Waals surface area contributed by atoms with Crippen LogP contribution < -0.4 is 5.56 Å². The van der Waals surface area contributed by atoms with Gasteiger partial charge in [-0.3, -0.25) is 4.79 Å². The Labute approximate surface area is 85.0 Å². The first-order valence-corrected chi connectivity index (χ1v) is 5.15. The van der Waals surface area contributed by atoms with Gasteiger partial charge in [0.2, 0.25) is 0 Å². The lowest BCUT2D eigenvalue weighted by molar-refractivity contribution is 0.289. The summed E-state index contributed by atoms with van der Waals surface area (Å²) in [5.41, 5.74) is 0.0830. The molecule has 1 aromatic rings. The van der Waals surface area contributed by atoms with Crippen LogP contribution in [-0.4, -0.2) is 29.1 Å². The van der Waals surface area contributed by atoms with Crippen molar-refractivity contribution < 1.29 is 0 Å². The zero-order valence-corrected chi connectivity index (χ0v) is 8.94. The minimum Gasteiger partial charge on any atom is -0.314 e. The monoisotopic (exact) mass is 194 g/mol. The van der Waals surface area contributed by atoms with Crippen LogP contribution in [0.1, 0.15) is 13.8 Å². The number of aromatic nitrogens is 1. The fourth-order valence-electron chi connectivity index (χ4n) is 1.43. The lowest BCUT2D eigenvalue weighted by atomic mass is 10.4. The normalized spacial score (nSPS) is 10.8. The summed E-state index contributed by atoms with van der Waals surface area (Å²) in [5.74, 6) is 0. The minimum absolute atomic E-state index is 0.0830. The van der Waals surface area contributed by atoms with Crippen LogP contribution in [-0.2, 0) is 6.54 Å². The van der Waals surface area contributed by atoms with Crippen molar-refractivity contribution in [3.05, 3.63) is 34.7 Å². The predicted octanol–water partition coefficient (Wildman–Crippen LogP) is 1.19. The van der Waals surface area contributed by atoms with Gasteiger partial charge in [-0.2, -0.15) is 0 Å². The number of pyridine rings is 1. The van der Waals surface area contributed by atoms with Gasteiger partial charge < -0.3 is 9.47 Å². The van der Waals surface area contributed by atoms with Crippen LogP contribution >= 0.6 is 0 Å². The van der Waals surface area contributed by atoms with Crippen LogP contribution in [0.15, 0.2) is 29.2 Å². The maximum absolute atomic E-state index is 11.4. The molecule has 0 unspecified atom stereocenters. The van der Waals surface area contributed by atoms with Gasteiger partial charge in [0.25, 0.3) is 5.56 Å². The molecule has 14 heavy (non-hydrogen) atoms. The van der Waals surface area contributed by atoms with E-state index in [9.17, 15) is 4.79 Å². The van der Waals surface area contributed by atoms with Crippen LogP contribution in [0.3, 0.4) is 0 Å². The van der Waals surface area contributed by atoms with E-state index in [1.807, 2.05) is 12.3 Å². The minimum atomic E-state index is 0.0830. The zero-order chi connectivity index (χ0) is 10.4. The van der Waals surface area contributed by atoms with E-state index < -0.39 is 0 Å².